The van der Waals surface area contributed by atoms with Crippen molar-refractivity contribution in [1.29, 1.82) is 0 Å². The third-order valence-electron chi connectivity index (χ3n) is 8.30. The van der Waals surface area contributed by atoms with Crippen LogP contribution in [0.25, 0.3) is 6.08 Å². The Hall–Kier alpha value is -5.09. The van der Waals surface area contributed by atoms with Gasteiger partial charge in [0.15, 0.2) is 5.69 Å². The number of alkyl halides is 9. The molecular formula is C36H35F9N6O2. The van der Waals surface area contributed by atoms with Crippen molar-refractivity contribution in [2.45, 2.75) is 64.4 Å². The van der Waals surface area contributed by atoms with Gasteiger partial charge < -0.3 is 14.5 Å². The van der Waals surface area contributed by atoms with E-state index in [-0.39, 0.29) is 41.5 Å². The van der Waals surface area contributed by atoms with E-state index in [9.17, 15) is 44.3 Å². The summed E-state index contributed by atoms with van der Waals surface area (Å²) in [7, 11) is 1.35. The van der Waals surface area contributed by atoms with Crippen LogP contribution < -0.4 is 9.80 Å². The Balaban J connectivity index is 1.53. The zero-order valence-corrected chi connectivity index (χ0v) is 28.6. The number of carbonyl (C=O) groups is 1. The number of halogens is 9. The lowest BCUT2D eigenvalue weighted by atomic mass is 10.0. The Morgan fingerprint density at radius 1 is 0.868 bits per heavy atom. The van der Waals surface area contributed by atoms with Gasteiger partial charge in [0, 0.05) is 56.3 Å². The van der Waals surface area contributed by atoms with Crippen molar-refractivity contribution in [2.75, 3.05) is 22.9 Å². The number of benzene rings is 2. The molecule has 17 heteroatoms. The van der Waals surface area contributed by atoms with Crippen molar-refractivity contribution in [3.8, 4) is 0 Å². The van der Waals surface area contributed by atoms with Crippen LogP contribution in [-0.4, -0.2) is 38.8 Å². The molecule has 8 nitrogen and oxygen atoms in total. The molecule has 0 radical (unpaired) electrons. The molecule has 0 saturated heterocycles. The van der Waals surface area contributed by atoms with Crippen molar-refractivity contribution < 1.29 is 49.0 Å². The number of anilines is 2. The van der Waals surface area contributed by atoms with E-state index in [4.69, 9.17) is 4.74 Å². The molecule has 0 spiro atoms. The first kappa shape index (κ1) is 39.1. The van der Waals surface area contributed by atoms with Crippen LogP contribution in [-0.2, 0) is 54.8 Å². The van der Waals surface area contributed by atoms with Gasteiger partial charge in [-0.2, -0.15) is 44.6 Å². The van der Waals surface area contributed by atoms with Gasteiger partial charge in [0.25, 0.3) is 0 Å². The molecule has 1 aliphatic carbocycles. The molecule has 2 aromatic heterocycles. The maximum Gasteiger partial charge on any atom is 0.435 e. The molecule has 0 aliphatic heterocycles. The normalized spacial score (nSPS) is 13.8. The summed E-state index contributed by atoms with van der Waals surface area (Å²) in [5.41, 5.74) is -4.26. The Bertz CT molecular complexity index is 1850. The molecule has 1 fully saturated rings. The van der Waals surface area contributed by atoms with Crippen LogP contribution in [0.3, 0.4) is 0 Å². The summed E-state index contributed by atoms with van der Waals surface area (Å²) >= 11 is 0. The van der Waals surface area contributed by atoms with Crippen molar-refractivity contribution >= 4 is 23.8 Å². The van der Waals surface area contributed by atoms with Gasteiger partial charge in [0.05, 0.1) is 17.7 Å². The number of hydrogen-bond donors (Lipinski definition) is 0. The molecule has 1 aliphatic rings. The van der Waals surface area contributed by atoms with Crippen molar-refractivity contribution in [1.82, 2.24) is 19.7 Å². The first-order valence-corrected chi connectivity index (χ1v) is 16.5. The lowest BCUT2D eigenvalue weighted by Gasteiger charge is -2.29. The first-order chi connectivity index (χ1) is 24.9. The Morgan fingerprint density at radius 2 is 1.49 bits per heavy atom. The molecular weight excluding hydrogens is 719 g/mol. The van der Waals surface area contributed by atoms with Gasteiger partial charge in [-0.1, -0.05) is 37.3 Å². The van der Waals surface area contributed by atoms with Gasteiger partial charge >= 0.3 is 24.5 Å². The molecule has 5 rings (SSSR count). The molecule has 0 bridgehead atoms. The summed E-state index contributed by atoms with van der Waals surface area (Å²) in [6, 6.07) is 9.86. The Morgan fingerprint density at radius 3 is 2.04 bits per heavy atom. The number of aryl methyl sites for hydroxylation is 1. The zero-order chi connectivity index (χ0) is 38.6. The van der Waals surface area contributed by atoms with Gasteiger partial charge in [-0.25, -0.2) is 14.8 Å². The molecule has 0 amide bonds. The minimum absolute atomic E-state index is 0.00654. The van der Waals surface area contributed by atoms with E-state index < -0.39 is 60.0 Å². The second-order valence-corrected chi connectivity index (χ2v) is 12.7. The lowest BCUT2D eigenvalue weighted by Crippen LogP contribution is -2.31. The monoisotopic (exact) mass is 754 g/mol. The van der Waals surface area contributed by atoms with Crippen LogP contribution in [0.1, 0.15) is 65.3 Å². The highest BCUT2D eigenvalue weighted by Crippen LogP contribution is 2.40. The van der Waals surface area contributed by atoms with E-state index >= 15 is 0 Å². The van der Waals surface area contributed by atoms with Crippen LogP contribution in [0.15, 0.2) is 67.0 Å². The van der Waals surface area contributed by atoms with Crippen LogP contribution in [0.2, 0.25) is 0 Å². The van der Waals surface area contributed by atoms with Crippen LogP contribution >= 0.6 is 0 Å². The molecule has 0 atom stereocenters. The minimum Gasteiger partial charge on any atom is -0.458 e. The van der Waals surface area contributed by atoms with Gasteiger partial charge in [-0.15, -0.1) is 0 Å². The smallest absolute Gasteiger partial charge is 0.435 e. The molecule has 284 valence electrons. The summed E-state index contributed by atoms with van der Waals surface area (Å²) in [5.74, 6) is -0.631. The van der Waals surface area contributed by atoms with Crippen molar-refractivity contribution in [3.63, 3.8) is 0 Å². The molecule has 4 aromatic rings. The largest absolute Gasteiger partial charge is 0.458 e. The Labute approximate surface area is 298 Å². The Kier molecular flexibility index (Phi) is 11.7. The molecule has 0 unspecified atom stereocenters. The fourth-order valence-corrected chi connectivity index (χ4v) is 5.73. The van der Waals surface area contributed by atoms with Crippen LogP contribution in [0.4, 0.5) is 51.3 Å². The molecule has 53 heavy (non-hydrogen) atoms. The summed E-state index contributed by atoms with van der Waals surface area (Å²) in [4.78, 5) is 23.5. The van der Waals surface area contributed by atoms with E-state index in [1.54, 1.807) is 35.2 Å². The molecule has 2 aromatic carbocycles. The SMILES string of the molecule is CCCN(CC1CC1)c1c(CN(Cc2cc(C(F)(F)F)cc(C(F)(F)F)c2)c2ncc(C=CC(=O)OCc3ccccc3)cn2)c(C(F)(F)F)nn1C. The number of carbonyl (C=O) groups excluding carboxylic acids is 1. The molecule has 2 heterocycles. The predicted molar refractivity (Wildman–Crippen MR) is 177 cm³/mol. The second kappa shape index (κ2) is 15.9. The topological polar surface area (TPSA) is 76.4 Å². The van der Waals surface area contributed by atoms with E-state index in [1.165, 1.54) is 25.5 Å². The van der Waals surface area contributed by atoms with Gasteiger partial charge in [0.2, 0.25) is 5.95 Å². The number of nitrogens with zero attached hydrogens (tertiary/aromatic N) is 6. The van der Waals surface area contributed by atoms with E-state index in [2.05, 4.69) is 15.1 Å². The maximum atomic E-state index is 14.5. The fraction of sp³-hybridized carbons (Fsp3) is 0.389. The number of hydrogen-bond acceptors (Lipinski definition) is 7. The number of ether oxygens (including phenoxy) is 1. The minimum atomic E-state index is -5.16. The average molecular weight is 755 g/mol. The quantitative estimate of drug-likeness (QED) is 0.0724. The summed E-state index contributed by atoms with van der Waals surface area (Å²) in [6.07, 6.45) is -8.10. The van der Waals surface area contributed by atoms with Gasteiger partial charge in [-0.05, 0) is 60.6 Å². The standard InChI is InChI=1S/C36H35F9N6O2/c1-3-13-50(19-23-9-10-23)32-29(31(36(43,44)45)48-49(32)2)21-51(20-26-14-27(34(37,38)39)16-28(15-26)35(40,41)42)33-46-17-25(18-47-33)11-12-30(52)53-22-24-7-5-4-6-8-24/h4-8,11-12,14-18,23H,3,9-10,13,19-22H2,1-2H3. The van der Waals surface area contributed by atoms with Crippen molar-refractivity contribution in [2.24, 2.45) is 13.0 Å². The second-order valence-electron chi connectivity index (χ2n) is 12.7. The fourth-order valence-electron chi connectivity index (χ4n) is 5.73. The van der Waals surface area contributed by atoms with E-state index in [0.29, 0.717) is 31.6 Å². The molecule has 0 N–H and O–H groups in total. The third kappa shape index (κ3) is 10.5. The summed E-state index contributed by atoms with van der Waals surface area (Å²) in [6.45, 7) is 1.25. The highest BCUT2D eigenvalue weighted by molar-refractivity contribution is 5.86. The average Bonchev–Trinajstić information content (AvgIpc) is 3.85. The number of aromatic nitrogens is 4. The van der Waals surface area contributed by atoms with Crippen molar-refractivity contribution in [3.05, 3.63) is 106 Å². The number of rotatable bonds is 14. The van der Waals surface area contributed by atoms with E-state index in [1.807, 2.05) is 6.92 Å². The lowest BCUT2D eigenvalue weighted by molar-refractivity contribution is -0.144. The highest BCUT2D eigenvalue weighted by atomic mass is 19.4. The molecule has 1 saturated carbocycles. The van der Waals surface area contributed by atoms with Crippen LogP contribution in [0, 0.1) is 5.92 Å². The highest BCUT2D eigenvalue weighted by Gasteiger charge is 2.42. The van der Waals surface area contributed by atoms with E-state index in [0.717, 1.165) is 34.1 Å². The number of esters is 1. The summed E-state index contributed by atoms with van der Waals surface area (Å²) in [5, 5.41) is 3.78. The zero-order valence-electron chi connectivity index (χ0n) is 28.6. The van der Waals surface area contributed by atoms with Gasteiger partial charge in [0.1, 0.15) is 12.4 Å². The van der Waals surface area contributed by atoms with Gasteiger partial charge in [-0.3, -0.25) is 4.68 Å². The maximum absolute atomic E-state index is 14.5. The predicted octanol–water partition coefficient (Wildman–Crippen LogP) is 8.86. The third-order valence-corrected chi connectivity index (χ3v) is 8.30. The summed E-state index contributed by atoms with van der Waals surface area (Å²) < 4.78 is 133. The first-order valence-electron chi connectivity index (χ1n) is 16.5. The van der Waals surface area contributed by atoms with Crippen LogP contribution in [0.5, 0.6) is 0 Å².